The maximum atomic E-state index is 12.9. The Kier molecular flexibility index (Phi) is 6.65. The Hall–Kier alpha value is -1.31. The second-order valence-corrected chi connectivity index (χ2v) is 10.9. The third-order valence-corrected chi connectivity index (χ3v) is 6.27. The average Bonchev–Trinajstić information content (AvgIpc) is 3.08. The Balaban J connectivity index is 1.66. The van der Waals surface area contributed by atoms with Crippen LogP contribution in [0.25, 0.3) is 10.9 Å². The standard InChI is InChI=1S/C20H19Br3N2O2/c1-27-16-7-8-18-17(11-16)15(13-24-18)9-10-25(23)19(26)20(21,22)12-14-5-3-2-4-6-14/h2-8,11,13,24H,9-10,12H2,1H3. The fourth-order valence-electron chi connectivity index (χ4n) is 2.92. The number of nitrogens with zero attached hydrogens (tertiary/aromatic N) is 1. The second-order valence-electron chi connectivity index (χ2n) is 6.23. The smallest absolute Gasteiger partial charge is 0.260 e. The van der Waals surface area contributed by atoms with Crippen LogP contribution in [0.4, 0.5) is 0 Å². The van der Waals surface area contributed by atoms with Gasteiger partial charge in [-0.25, -0.2) is 0 Å². The molecular weight excluding hydrogens is 540 g/mol. The molecule has 142 valence electrons. The van der Waals surface area contributed by atoms with E-state index < -0.39 is 3.23 Å². The van der Waals surface area contributed by atoms with Crippen LogP contribution >= 0.6 is 48.0 Å². The van der Waals surface area contributed by atoms with Gasteiger partial charge in [-0.3, -0.25) is 8.72 Å². The van der Waals surface area contributed by atoms with Gasteiger partial charge >= 0.3 is 0 Å². The van der Waals surface area contributed by atoms with Gasteiger partial charge in [0.25, 0.3) is 5.91 Å². The van der Waals surface area contributed by atoms with E-state index in [0.29, 0.717) is 19.4 Å². The Morgan fingerprint density at radius 1 is 1.19 bits per heavy atom. The summed E-state index contributed by atoms with van der Waals surface area (Å²) in [6, 6.07) is 15.8. The fourth-order valence-corrected chi connectivity index (χ4v) is 4.95. The number of carbonyl (C=O) groups excluding carboxylic acids is 1. The van der Waals surface area contributed by atoms with Gasteiger partial charge in [-0.2, -0.15) is 0 Å². The molecule has 0 atom stereocenters. The molecule has 1 N–H and O–H groups in total. The normalized spacial score (nSPS) is 11.6. The lowest BCUT2D eigenvalue weighted by molar-refractivity contribution is -0.125. The van der Waals surface area contributed by atoms with E-state index in [9.17, 15) is 4.79 Å². The molecule has 0 bridgehead atoms. The first-order valence-electron chi connectivity index (χ1n) is 8.44. The van der Waals surface area contributed by atoms with Gasteiger partial charge in [0.2, 0.25) is 0 Å². The summed E-state index contributed by atoms with van der Waals surface area (Å²) < 4.78 is 6.03. The molecule has 0 spiro atoms. The molecule has 0 radical (unpaired) electrons. The molecule has 2 aromatic carbocycles. The summed E-state index contributed by atoms with van der Waals surface area (Å²) in [7, 11) is 1.66. The Morgan fingerprint density at radius 2 is 1.93 bits per heavy atom. The third kappa shape index (κ3) is 4.95. The molecule has 0 saturated carbocycles. The largest absolute Gasteiger partial charge is 0.497 e. The van der Waals surface area contributed by atoms with E-state index in [2.05, 4.69) is 53.0 Å². The van der Waals surface area contributed by atoms with Gasteiger partial charge in [0.15, 0.2) is 3.23 Å². The van der Waals surface area contributed by atoms with E-state index in [1.54, 1.807) is 11.0 Å². The highest BCUT2D eigenvalue weighted by atomic mass is 79.9. The highest BCUT2D eigenvalue weighted by Gasteiger charge is 2.35. The number of alkyl halides is 2. The van der Waals surface area contributed by atoms with Gasteiger partial charge in [-0.15, -0.1) is 0 Å². The number of fused-ring (bicyclic) bond motifs is 1. The number of nitrogens with one attached hydrogen (secondary N) is 1. The number of carbonyl (C=O) groups is 1. The van der Waals surface area contributed by atoms with E-state index in [0.717, 1.165) is 27.8 Å². The summed E-state index contributed by atoms with van der Waals surface area (Å²) in [5.74, 6) is 0.738. The van der Waals surface area contributed by atoms with Crippen molar-refractivity contribution in [1.29, 1.82) is 0 Å². The zero-order valence-corrected chi connectivity index (χ0v) is 19.5. The predicted octanol–water partition coefficient (Wildman–Crippen LogP) is 5.59. The number of H-pyrrole nitrogens is 1. The van der Waals surface area contributed by atoms with Crippen LogP contribution in [-0.2, 0) is 17.6 Å². The molecule has 1 amide bonds. The average molecular weight is 559 g/mol. The molecule has 0 unspecified atom stereocenters. The molecule has 0 saturated heterocycles. The Bertz CT molecular complexity index is 925. The highest BCUT2D eigenvalue weighted by Crippen LogP contribution is 2.34. The van der Waals surface area contributed by atoms with E-state index in [-0.39, 0.29) is 5.91 Å². The van der Waals surface area contributed by atoms with Gasteiger partial charge in [0.05, 0.1) is 23.3 Å². The Morgan fingerprint density at radius 3 is 2.63 bits per heavy atom. The van der Waals surface area contributed by atoms with Gasteiger partial charge in [0.1, 0.15) is 5.75 Å². The minimum Gasteiger partial charge on any atom is -0.497 e. The lowest BCUT2D eigenvalue weighted by atomic mass is 10.1. The van der Waals surface area contributed by atoms with E-state index in [1.165, 1.54) is 0 Å². The number of halogens is 3. The minimum absolute atomic E-state index is 0.0798. The van der Waals surface area contributed by atoms with Crippen molar-refractivity contribution in [3.8, 4) is 5.75 Å². The van der Waals surface area contributed by atoms with Crippen LogP contribution in [0.2, 0.25) is 0 Å². The summed E-state index contributed by atoms with van der Waals surface area (Å²) in [6.45, 7) is 0.538. The molecule has 0 aliphatic heterocycles. The van der Waals surface area contributed by atoms with Crippen LogP contribution < -0.4 is 4.74 Å². The van der Waals surface area contributed by atoms with Crippen LogP contribution in [0.1, 0.15) is 11.1 Å². The molecule has 0 aliphatic rings. The van der Waals surface area contributed by atoms with Crippen molar-refractivity contribution >= 4 is 64.8 Å². The van der Waals surface area contributed by atoms with Crippen LogP contribution in [0, 0.1) is 0 Å². The molecule has 0 fully saturated rings. The maximum absolute atomic E-state index is 12.9. The lowest BCUT2D eigenvalue weighted by Gasteiger charge is -2.24. The van der Waals surface area contributed by atoms with Gasteiger partial charge < -0.3 is 9.72 Å². The van der Waals surface area contributed by atoms with Crippen molar-refractivity contribution in [2.75, 3.05) is 13.7 Å². The van der Waals surface area contributed by atoms with Crippen molar-refractivity contribution in [3.63, 3.8) is 0 Å². The zero-order chi connectivity index (χ0) is 19.4. The summed E-state index contributed by atoms with van der Waals surface area (Å²) in [5.41, 5.74) is 3.26. The summed E-state index contributed by atoms with van der Waals surface area (Å²) in [6.07, 6.45) is 3.24. The number of methoxy groups -OCH3 is 1. The Labute approximate surface area is 183 Å². The molecule has 1 heterocycles. The highest BCUT2D eigenvalue weighted by molar-refractivity contribution is 9.26. The number of ether oxygens (including phenoxy) is 1. The van der Waals surface area contributed by atoms with Crippen LogP contribution in [0.5, 0.6) is 5.75 Å². The molecular formula is C20H19Br3N2O2. The van der Waals surface area contributed by atoms with Crippen LogP contribution in [-0.4, -0.2) is 31.7 Å². The first-order chi connectivity index (χ1) is 12.9. The van der Waals surface area contributed by atoms with Crippen LogP contribution in [0.3, 0.4) is 0 Å². The molecule has 4 nitrogen and oxygen atoms in total. The number of benzene rings is 2. The number of amides is 1. The molecule has 1 aromatic heterocycles. The fraction of sp³-hybridized carbons (Fsp3) is 0.250. The van der Waals surface area contributed by atoms with E-state index in [4.69, 9.17) is 4.74 Å². The zero-order valence-electron chi connectivity index (χ0n) is 14.7. The van der Waals surface area contributed by atoms with Crippen LogP contribution in [0.15, 0.2) is 54.7 Å². The SMILES string of the molecule is COc1ccc2[nH]cc(CCN(Br)C(=O)C(Br)(Br)Cc3ccccc3)c2c1. The summed E-state index contributed by atoms with van der Waals surface area (Å²) in [4.78, 5) is 16.1. The van der Waals surface area contributed by atoms with Crippen molar-refractivity contribution < 1.29 is 9.53 Å². The van der Waals surface area contributed by atoms with Crippen molar-refractivity contribution in [3.05, 3.63) is 65.9 Å². The number of aromatic amines is 1. The maximum Gasteiger partial charge on any atom is 0.260 e. The van der Waals surface area contributed by atoms with Gasteiger partial charge in [0, 0.05) is 30.1 Å². The quantitative estimate of drug-likeness (QED) is 0.304. The number of rotatable bonds is 7. The molecule has 3 aromatic rings. The predicted molar refractivity (Wildman–Crippen MR) is 120 cm³/mol. The first kappa shape index (κ1) is 20.4. The topological polar surface area (TPSA) is 45.3 Å². The minimum atomic E-state index is -0.853. The first-order valence-corrected chi connectivity index (χ1v) is 10.7. The van der Waals surface area contributed by atoms with E-state index >= 15 is 0 Å². The van der Waals surface area contributed by atoms with Crippen molar-refractivity contribution in [1.82, 2.24) is 8.91 Å². The molecule has 3 rings (SSSR count). The molecule has 7 heteroatoms. The monoisotopic (exact) mass is 556 g/mol. The summed E-state index contributed by atoms with van der Waals surface area (Å²) >= 11 is 10.5. The number of hydrogen-bond donors (Lipinski definition) is 1. The van der Waals surface area contributed by atoms with Crippen molar-refractivity contribution in [2.24, 2.45) is 0 Å². The number of hydrogen-bond acceptors (Lipinski definition) is 2. The summed E-state index contributed by atoms with van der Waals surface area (Å²) in [5, 5.41) is 1.11. The second kappa shape index (κ2) is 8.80. The third-order valence-electron chi connectivity index (χ3n) is 4.35. The lowest BCUT2D eigenvalue weighted by Crippen LogP contribution is -2.38. The molecule has 27 heavy (non-hydrogen) atoms. The van der Waals surface area contributed by atoms with E-state index in [1.807, 2.05) is 54.7 Å². The van der Waals surface area contributed by atoms with Crippen molar-refractivity contribution in [2.45, 2.75) is 16.1 Å². The van der Waals surface area contributed by atoms with Gasteiger partial charge in [-0.1, -0.05) is 62.2 Å². The molecule has 0 aliphatic carbocycles. The van der Waals surface area contributed by atoms with Gasteiger partial charge in [-0.05, 0) is 35.7 Å². The number of aromatic nitrogens is 1.